The molecule has 0 radical (unpaired) electrons. The summed E-state index contributed by atoms with van der Waals surface area (Å²) in [4.78, 5) is 1.40. The molecule has 0 amide bonds. The fraction of sp³-hybridized carbons (Fsp3) is 0.308. The number of allylic oxidation sites excluding steroid dienone is 4. The predicted octanol–water partition coefficient (Wildman–Crippen LogP) is 9.82. The van der Waals surface area contributed by atoms with Crippen molar-refractivity contribution in [2.75, 3.05) is 0 Å². The van der Waals surface area contributed by atoms with E-state index in [1.807, 2.05) is 11.3 Å². The Hall–Kier alpha value is -2.41. The number of benzene rings is 3. The Morgan fingerprint density at radius 2 is 1.56 bits per heavy atom. The molecule has 0 bridgehead atoms. The van der Waals surface area contributed by atoms with Gasteiger partial charge in [-0.05, 0) is 0 Å². The summed E-state index contributed by atoms with van der Waals surface area (Å²) in [5.41, 5.74) is 12.1. The monoisotopic (exact) mass is 632 g/mol. The first-order chi connectivity index (χ1) is 19.5. The molecule has 1 atom stereocenters. The molecule has 1 unspecified atom stereocenters. The topological polar surface area (TPSA) is 0 Å². The van der Waals surface area contributed by atoms with Gasteiger partial charge in [0.1, 0.15) is 0 Å². The number of hydrogen-bond donors (Lipinski definition) is 0. The van der Waals surface area contributed by atoms with Crippen LogP contribution in [0.1, 0.15) is 81.2 Å². The molecule has 1 aromatic heterocycles. The van der Waals surface area contributed by atoms with Gasteiger partial charge >= 0.3 is 261 Å². The first-order valence-corrected chi connectivity index (χ1v) is 19.8. The van der Waals surface area contributed by atoms with Crippen molar-refractivity contribution in [1.29, 1.82) is 0 Å². The van der Waals surface area contributed by atoms with Crippen LogP contribution in [0.15, 0.2) is 93.6 Å². The number of hydrogen-bond acceptors (Lipinski definition) is 1. The van der Waals surface area contributed by atoms with Gasteiger partial charge in [0.05, 0.1) is 0 Å². The van der Waals surface area contributed by atoms with Crippen molar-refractivity contribution >= 4 is 23.9 Å². The molecule has 0 nitrogen and oxygen atoms in total. The normalized spacial score (nSPS) is 16.9. The maximum absolute atomic E-state index is 2.79. The van der Waals surface area contributed by atoms with E-state index in [1.165, 1.54) is 43.8 Å². The summed E-state index contributed by atoms with van der Waals surface area (Å²) in [6, 6.07) is 28.0. The van der Waals surface area contributed by atoms with Gasteiger partial charge in [0.2, 0.25) is 0 Å². The molecule has 0 aliphatic heterocycles. The fourth-order valence-corrected chi connectivity index (χ4v) is 14.2. The summed E-state index contributed by atoms with van der Waals surface area (Å²) < 4.78 is 6.20. The molecule has 0 spiro atoms. The van der Waals surface area contributed by atoms with E-state index in [-0.39, 0.29) is 10.8 Å². The fourth-order valence-electron chi connectivity index (χ4n) is 6.26. The van der Waals surface area contributed by atoms with Crippen LogP contribution in [-0.2, 0) is 44.9 Å². The summed E-state index contributed by atoms with van der Waals surface area (Å²) in [7, 11) is 0. The van der Waals surface area contributed by atoms with Gasteiger partial charge in [-0.2, -0.15) is 0 Å². The SMILES string of the molecule is CC1C=C(c2cccs2)C=[C]1/[Zr](=[CH]/Cc1ccccc1)[c]1cc(C(C)(C)C)cc2c1Cc1ccc(C(C)(C)C)cc1-2. The number of fused-ring (bicyclic) bond motifs is 3. The van der Waals surface area contributed by atoms with Gasteiger partial charge in [0.15, 0.2) is 0 Å². The molecule has 3 aromatic carbocycles. The van der Waals surface area contributed by atoms with E-state index in [9.17, 15) is 0 Å². The molecule has 0 N–H and O–H groups in total. The Morgan fingerprint density at radius 3 is 2.24 bits per heavy atom. The molecule has 0 saturated heterocycles. The first-order valence-electron chi connectivity index (χ1n) is 15.0. The van der Waals surface area contributed by atoms with Crippen LogP contribution in [0.3, 0.4) is 0 Å². The van der Waals surface area contributed by atoms with Gasteiger partial charge in [-0.15, -0.1) is 0 Å². The maximum atomic E-state index is 2.79. The zero-order valence-corrected chi connectivity index (χ0v) is 28.9. The van der Waals surface area contributed by atoms with Crippen LogP contribution in [0.4, 0.5) is 0 Å². The Labute approximate surface area is 259 Å². The molecule has 41 heavy (non-hydrogen) atoms. The molecule has 6 rings (SSSR count). The van der Waals surface area contributed by atoms with E-state index in [4.69, 9.17) is 0 Å². The molecule has 2 aliphatic carbocycles. The Bertz CT molecular complexity index is 1680. The van der Waals surface area contributed by atoms with Crippen LogP contribution in [0, 0.1) is 5.92 Å². The molecule has 0 saturated carbocycles. The average molecular weight is 634 g/mol. The van der Waals surface area contributed by atoms with Gasteiger partial charge in [-0.3, -0.25) is 0 Å². The van der Waals surface area contributed by atoms with E-state index in [0.29, 0.717) is 5.92 Å². The third kappa shape index (κ3) is 5.80. The van der Waals surface area contributed by atoms with Crippen LogP contribution in [0.5, 0.6) is 0 Å². The predicted molar refractivity (Wildman–Crippen MR) is 177 cm³/mol. The van der Waals surface area contributed by atoms with Gasteiger partial charge in [-0.1, -0.05) is 0 Å². The second kappa shape index (κ2) is 11.0. The molecule has 1 heterocycles. The van der Waals surface area contributed by atoms with E-state index in [1.54, 1.807) is 12.1 Å². The van der Waals surface area contributed by atoms with E-state index >= 15 is 0 Å². The molecule has 0 fully saturated rings. The van der Waals surface area contributed by atoms with Crippen LogP contribution in [0.2, 0.25) is 0 Å². The Balaban J connectivity index is 1.56. The summed E-state index contributed by atoms with van der Waals surface area (Å²) >= 11 is -0.579. The van der Waals surface area contributed by atoms with Crippen LogP contribution >= 0.6 is 11.3 Å². The molecule has 2 aliphatic rings. The van der Waals surface area contributed by atoms with E-state index < -0.39 is 21.3 Å². The molecule has 208 valence electrons. The van der Waals surface area contributed by atoms with E-state index in [0.717, 1.165) is 12.8 Å². The third-order valence-electron chi connectivity index (χ3n) is 8.77. The van der Waals surface area contributed by atoms with Crippen molar-refractivity contribution < 1.29 is 21.3 Å². The second-order valence-corrected chi connectivity index (χ2v) is 20.6. The van der Waals surface area contributed by atoms with Crippen LogP contribution in [0.25, 0.3) is 16.7 Å². The quantitative estimate of drug-likeness (QED) is 0.181. The minimum atomic E-state index is -2.44. The molecular formula is C39H42SZr. The van der Waals surface area contributed by atoms with Crippen molar-refractivity contribution in [2.24, 2.45) is 5.92 Å². The number of thiophene rings is 1. The minimum absolute atomic E-state index is 0.0952. The van der Waals surface area contributed by atoms with Gasteiger partial charge in [0, 0.05) is 0 Å². The van der Waals surface area contributed by atoms with Crippen LogP contribution < -0.4 is 3.27 Å². The second-order valence-electron chi connectivity index (χ2n) is 13.9. The van der Waals surface area contributed by atoms with E-state index in [2.05, 4.69) is 143 Å². The van der Waals surface area contributed by atoms with Crippen molar-refractivity contribution in [2.45, 2.75) is 72.1 Å². The summed E-state index contributed by atoms with van der Waals surface area (Å²) in [6.07, 6.45) is 7.22. The first kappa shape index (κ1) is 28.7. The third-order valence-corrected chi connectivity index (χ3v) is 16.7. The zero-order chi connectivity index (χ0) is 28.9. The van der Waals surface area contributed by atoms with Gasteiger partial charge in [-0.25, -0.2) is 0 Å². The Kier molecular flexibility index (Phi) is 7.71. The average Bonchev–Trinajstić information content (AvgIpc) is 3.67. The zero-order valence-electron chi connectivity index (χ0n) is 25.6. The number of rotatable bonds is 5. The molecule has 4 aromatic rings. The van der Waals surface area contributed by atoms with Gasteiger partial charge in [0.25, 0.3) is 0 Å². The van der Waals surface area contributed by atoms with Crippen molar-refractivity contribution in [3.63, 3.8) is 0 Å². The van der Waals surface area contributed by atoms with Crippen LogP contribution in [-0.4, -0.2) is 3.71 Å². The molecular weight excluding hydrogens is 592 g/mol. The van der Waals surface area contributed by atoms with Gasteiger partial charge < -0.3 is 0 Å². The Morgan fingerprint density at radius 1 is 0.829 bits per heavy atom. The summed E-state index contributed by atoms with van der Waals surface area (Å²) in [5, 5.41) is 2.20. The van der Waals surface area contributed by atoms with Crippen molar-refractivity contribution in [1.82, 2.24) is 0 Å². The van der Waals surface area contributed by atoms with Crippen molar-refractivity contribution in [3.8, 4) is 11.1 Å². The molecule has 2 heteroatoms. The van der Waals surface area contributed by atoms with Crippen molar-refractivity contribution in [3.05, 3.63) is 126 Å². The standard InChI is InChI=1S/C21H25.C10H9S.C8H8.Zr/c1-20(2,3)16-9-7-14-11-15-8-10-17(21(4,5)6)13-19(15)18(14)12-16;1-8-4-5-9(7-8)10-3-2-6-11-10;1-2-8-6-4-3-5-7-8;/h7,9-10,12-13H,11H2,1-6H3;2-3,5-8H,1H3;1,3-7H,2H2;. The summed E-state index contributed by atoms with van der Waals surface area (Å²) in [5.74, 6) is 0.485. The summed E-state index contributed by atoms with van der Waals surface area (Å²) in [6.45, 7) is 16.6.